The van der Waals surface area contributed by atoms with Gasteiger partial charge in [-0.1, -0.05) is 6.92 Å². The third-order valence-electron chi connectivity index (χ3n) is 2.65. The molecule has 104 valence electrons. The highest BCUT2D eigenvalue weighted by atomic mass is 16.5. The molecule has 0 spiro atoms. The summed E-state index contributed by atoms with van der Waals surface area (Å²) in [6, 6.07) is 0. The molecule has 0 saturated heterocycles. The molecule has 0 radical (unpaired) electrons. The van der Waals surface area contributed by atoms with Gasteiger partial charge in [-0.15, -0.1) is 0 Å². The molecular weight excluding hydrogens is 214 g/mol. The lowest BCUT2D eigenvalue weighted by atomic mass is 9.87. The molecule has 0 rings (SSSR count). The monoisotopic (exact) mass is 245 g/mol. The van der Waals surface area contributed by atoms with E-state index >= 15 is 0 Å². The van der Waals surface area contributed by atoms with Gasteiger partial charge in [0.25, 0.3) is 0 Å². The standard InChI is InChI=1S/C14H31NO2/c1-8-14(7,11-13(5,6)15)17-10-9-16-12(2,3)4/h8-11,15H2,1-7H3. The first-order valence-corrected chi connectivity index (χ1v) is 6.54. The maximum Gasteiger partial charge on any atom is 0.0708 e. The summed E-state index contributed by atoms with van der Waals surface area (Å²) >= 11 is 0. The van der Waals surface area contributed by atoms with Gasteiger partial charge in [-0.3, -0.25) is 0 Å². The van der Waals surface area contributed by atoms with Gasteiger partial charge < -0.3 is 15.2 Å². The van der Waals surface area contributed by atoms with E-state index < -0.39 is 0 Å². The Morgan fingerprint density at radius 2 is 1.35 bits per heavy atom. The first-order valence-electron chi connectivity index (χ1n) is 6.54. The summed E-state index contributed by atoms with van der Waals surface area (Å²) in [7, 11) is 0. The van der Waals surface area contributed by atoms with Crippen molar-refractivity contribution in [2.24, 2.45) is 5.73 Å². The molecule has 0 aromatic heterocycles. The van der Waals surface area contributed by atoms with E-state index in [2.05, 4.69) is 34.6 Å². The van der Waals surface area contributed by atoms with Gasteiger partial charge in [0, 0.05) is 5.54 Å². The molecule has 0 aliphatic rings. The van der Waals surface area contributed by atoms with Crippen molar-refractivity contribution < 1.29 is 9.47 Å². The minimum Gasteiger partial charge on any atom is -0.373 e. The van der Waals surface area contributed by atoms with E-state index in [1.807, 2.05) is 13.8 Å². The SMILES string of the molecule is CCC(C)(CC(C)(C)N)OCCOC(C)(C)C. The van der Waals surface area contributed by atoms with Gasteiger partial charge in [-0.05, 0) is 54.4 Å². The first kappa shape index (κ1) is 16.9. The Bertz CT molecular complexity index is 215. The van der Waals surface area contributed by atoms with E-state index in [4.69, 9.17) is 15.2 Å². The van der Waals surface area contributed by atoms with Gasteiger partial charge >= 0.3 is 0 Å². The predicted molar refractivity (Wildman–Crippen MR) is 73.2 cm³/mol. The lowest BCUT2D eigenvalue weighted by molar-refractivity contribution is -0.0949. The van der Waals surface area contributed by atoms with Gasteiger partial charge in [0.1, 0.15) is 0 Å². The predicted octanol–water partition coefficient (Wildman–Crippen LogP) is 3.11. The molecule has 0 heterocycles. The second kappa shape index (κ2) is 6.17. The topological polar surface area (TPSA) is 44.5 Å². The fraction of sp³-hybridized carbons (Fsp3) is 1.00. The largest absolute Gasteiger partial charge is 0.373 e. The van der Waals surface area contributed by atoms with Crippen molar-refractivity contribution in [3.63, 3.8) is 0 Å². The van der Waals surface area contributed by atoms with E-state index in [1.54, 1.807) is 0 Å². The van der Waals surface area contributed by atoms with Crippen LogP contribution < -0.4 is 5.73 Å². The van der Waals surface area contributed by atoms with Crippen molar-refractivity contribution in [3.8, 4) is 0 Å². The summed E-state index contributed by atoms with van der Waals surface area (Å²) in [5, 5.41) is 0. The van der Waals surface area contributed by atoms with Crippen LogP contribution in [-0.2, 0) is 9.47 Å². The minimum absolute atomic E-state index is 0.0981. The second-order valence-electron chi connectivity index (χ2n) is 6.78. The number of ether oxygens (including phenoxy) is 2. The van der Waals surface area contributed by atoms with Gasteiger partial charge in [0.15, 0.2) is 0 Å². The molecule has 2 N–H and O–H groups in total. The Morgan fingerprint density at radius 3 is 1.71 bits per heavy atom. The smallest absolute Gasteiger partial charge is 0.0708 e. The lowest BCUT2D eigenvalue weighted by Gasteiger charge is -2.35. The van der Waals surface area contributed by atoms with Crippen molar-refractivity contribution >= 4 is 0 Å². The molecular formula is C14H31NO2. The number of nitrogens with two attached hydrogens (primary N) is 1. The fourth-order valence-corrected chi connectivity index (χ4v) is 1.88. The number of hydrogen-bond acceptors (Lipinski definition) is 3. The molecule has 0 fully saturated rings. The van der Waals surface area contributed by atoms with Crippen LogP contribution in [0.25, 0.3) is 0 Å². The zero-order chi connectivity index (χ0) is 13.7. The van der Waals surface area contributed by atoms with Gasteiger partial charge in [0.05, 0.1) is 24.4 Å². The van der Waals surface area contributed by atoms with Crippen LogP contribution in [-0.4, -0.2) is 30.0 Å². The molecule has 1 atom stereocenters. The van der Waals surface area contributed by atoms with Crippen LogP contribution >= 0.6 is 0 Å². The van der Waals surface area contributed by atoms with Gasteiger partial charge in [-0.2, -0.15) is 0 Å². The Morgan fingerprint density at radius 1 is 0.882 bits per heavy atom. The lowest BCUT2D eigenvalue weighted by Crippen LogP contribution is -2.43. The molecule has 0 aliphatic carbocycles. The molecule has 0 saturated carbocycles. The Labute approximate surface area is 107 Å². The molecule has 0 amide bonds. The molecule has 17 heavy (non-hydrogen) atoms. The summed E-state index contributed by atoms with van der Waals surface area (Å²) in [6.45, 7) is 15.7. The highest BCUT2D eigenvalue weighted by Gasteiger charge is 2.29. The first-order chi connectivity index (χ1) is 7.47. The fourth-order valence-electron chi connectivity index (χ4n) is 1.88. The Kier molecular flexibility index (Phi) is 6.12. The number of hydrogen-bond donors (Lipinski definition) is 1. The summed E-state index contributed by atoms with van der Waals surface area (Å²) in [5.74, 6) is 0. The third kappa shape index (κ3) is 9.57. The average molecular weight is 245 g/mol. The molecule has 0 aromatic rings. The molecule has 0 bridgehead atoms. The van der Waals surface area contributed by atoms with Crippen LogP contribution in [0.15, 0.2) is 0 Å². The quantitative estimate of drug-likeness (QED) is 0.701. The minimum atomic E-state index is -0.199. The van der Waals surface area contributed by atoms with Crippen LogP contribution in [0, 0.1) is 0 Å². The van der Waals surface area contributed by atoms with Crippen LogP contribution in [0.3, 0.4) is 0 Å². The van der Waals surface area contributed by atoms with E-state index in [0.717, 1.165) is 12.8 Å². The molecule has 0 aliphatic heterocycles. The zero-order valence-electron chi connectivity index (χ0n) is 12.7. The van der Waals surface area contributed by atoms with Crippen molar-refractivity contribution in [2.45, 2.75) is 78.0 Å². The second-order valence-corrected chi connectivity index (χ2v) is 6.78. The highest BCUT2D eigenvalue weighted by molar-refractivity contribution is 4.85. The Balaban J connectivity index is 4.05. The summed E-state index contributed by atoms with van der Waals surface area (Å²) in [6.07, 6.45) is 1.81. The van der Waals surface area contributed by atoms with Crippen molar-refractivity contribution in [3.05, 3.63) is 0 Å². The van der Waals surface area contributed by atoms with Crippen LogP contribution in [0.1, 0.15) is 61.3 Å². The van der Waals surface area contributed by atoms with Gasteiger partial charge in [0.2, 0.25) is 0 Å². The summed E-state index contributed by atoms with van der Waals surface area (Å²) in [4.78, 5) is 0. The summed E-state index contributed by atoms with van der Waals surface area (Å²) in [5.41, 5.74) is 5.61. The average Bonchev–Trinajstić information content (AvgIpc) is 2.08. The highest BCUT2D eigenvalue weighted by Crippen LogP contribution is 2.25. The number of rotatable bonds is 7. The summed E-state index contributed by atoms with van der Waals surface area (Å²) < 4.78 is 11.6. The van der Waals surface area contributed by atoms with Gasteiger partial charge in [-0.25, -0.2) is 0 Å². The van der Waals surface area contributed by atoms with E-state index in [9.17, 15) is 0 Å². The van der Waals surface area contributed by atoms with Crippen molar-refractivity contribution in [1.82, 2.24) is 0 Å². The molecule has 3 nitrogen and oxygen atoms in total. The van der Waals surface area contributed by atoms with E-state index in [-0.39, 0.29) is 16.7 Å². The van der Waals surface area contributed by atoms with Crippen LogP contribution in [0.5, 0.6) is 0 Å². The van der Waals surface area contributed by atoms with Crippen LogP contribution in [0.4, 0.5) is 0 Å². The normalized spacial score (nSPS) is 16.9. The van der Waals surface area contributed by atoms with Crippen molar-refractivity contribution in [1.29, 1.82) is 0 Å². The van der Waals surface area contributed by atoms with Crippen molar-refractivity contribution in [2.75, 3.05) is 13.2 Å². The van der Waals surface area contributed by atoms with E-state index in [0.29, 0.717) is 13.2 Å². The molecule has 3 heteroatoms. The zero-order valence-corrected chi connectivity index (χ0v) is 12.7. The Hall–Kier alpha value is -0.120. The van der Waals surface area contributed by atoms with Crippen LogP contribution in [0.2, 0.25) is 0 Å². The van der Waals surface area contributed by atoms with E-state index in [1.165, 1.54) is 0 Å². The maximum absolute atomic E-state index is 6.06. The molecule has 1 unspecified atom stereocenters. The maximum atomic E-state index is 6.06. The molecule has 0 aromatic carbocycles. The third-order valence-corrected chi connectivity index (χ3v) is 2.65.